The number of aromatic nitrogens is 3. The second-order valence-corrected chi connectivity index (χ2v) is 6.83. The van der Waals surface area contributed by atoms with Crippen molar-refractivity contribution in [3.63, 3.8) is 0 Å². The molecule has 0 spiro atoms. The first kappa shape index (κ1) is 17.1. The van der Waals surface area contributed by atoms with Gasteiger partial charge in [-0.15, -0.1) is 11.3 Å². The number of nitrogens with one attached hydrogen (secondary N) is 1. The zero-order valence-electron chi connectivity index (χ0n) is 14.7. The van der Waals surface area contributed by atoms with E-state index in [2.05, 4.69) is 68.2 Å². The molecule has 5 nitrogen and oxygen atoms in total. The van der Waals surface area contributed by atoms with E-state index in [1.807, 2.05) is 18.2 Å². The smallest absolute Gasteiger partial charge is 0.196 e. The largest absolute Gasteiger partial charge is 0.285 e. The van der Waals surface area contributed by atoms with Gasteiger partial charge in [0.15, 0.2) is 10.6 Å². The van der Waals surface area contributed by atoms with Crippen LogP contribution in [0.2, 0.25) is 0 Å². The van der Waals surface area contributed by atoms with Crippen molar-refractivity contribution in [3.05, 3.63) is 94.6 Å². The quantitative estimate of drug-likeness (QED) is 0.432. The molecule has 0 aliphatic rings. The first-order valence-electron chi connectivity index (χ1n) is 8.45. The average molecular weight is 371 g/mol. The molecular weight excluding hydrogens is 354 g/mol. The number of nitrogens with zero attached hydrogens (tertiary/aromatic N) is 4. The molecule has 0 fully saturated rings. The maximum absolute atomic E-state index is 8.30. The molecule has 0 bridgehead atoms. The van der Waals surface area contributed by atoms with Crippen LogP contribution >= 0.6 is 11.3 Å². The maximum Gasteiger partial charge on any atom is 0.196 e. The van der Waals surface area contributed by atoms with Gasteiger partial charge in [-0.3, -0.25) is 15.0 Å². The van der Waals surface area contributed by atoms with Gasteiger partial charge in [0, 0.05) is 23.5 Å². The highest BCUT2D eigenvalue weighted by molar-refractivity contribution is 7.07. The van der Waals surface area contributed by atoms with Crippen molar-refractivity contribution >= 4 is 17.2 Å². The lowest BCUT2D eigenvalue weighted by molar-refractivity contribution is 1.01. The van der Waals surface area contributed by atoms with E-state index in [0.29, 0.717) is 10.5 Å². The molecule has 27 heavy (non-hydrogen) atoms. The Balaban J connectivity index is 1.90. The van der Waals surface area contributed by atoms with Gasteiger partial charge in [0.05, 0.1) is 11.9 Å². The number of amidine groups is 1. The van der Waals surface area contributed by atoms with E-state index in [1.54, 1.807) is 18.6 Å². The van der Waals surface area contributed by atoms with E-state index in [-0.39, 0.29) is 5.84 Å². The number of benzene rings is 2. The van der Waals surface area contributed by atoms with E-state index in [1.165, 1.54) is 16.9 Å². The SMILES string of the molecule is Cc1ccc(-n2c(-c3ccccc3)csc2=NC(=N)c2cnccn2)cc1. The van der Waals surface area contributed by atoms with Crippen molar-refractivity contribution in [1.82, 2.24) is 14.5 Å². The van der Waals surface area contributed by atoms with Gasteiger partial charge >= 0.3 is 0 Å². The summed E-state index contributed by atoms with van der Waals surface area (Å²) in [4.78, 5) is 13.4. The highest BCUT2D eigenvalue weighted by Gasteiger charge is 2.11. The molecule has 0 aliphatic carbocycles. The zero-order valence-corrected chi connectivity index (χ0v) is 15.5. The van der Waals surface area contributed by atoms with Crippen LogP contribution in [-0.4, -0.2) is 20.4 Å². The van der Waals surface area contributed by atoms with Gasteiger partial charge in [0.2, 0.25) is 0 Å². The minimum Gasteiger partial charge on any atom is -0.285 e. The highest BCUT2D eigenvalue weighted by Crippen LogP contribution is 2.23. The summed E-state index contributed by atoms with van der Waals surface area (Å²) in [6.07, 6.45) is 4.70. The van der Waals surface area contributed by atoms with Crippen molar-refractivity contribution in [1.29, 1.82) is 5.41 Å². The van der Waals surface area contributed by atoms with Crippen LogP contribution in [0.15, 0.2) is 83.6 Å². The lowest BCUT2D eigenvalue weighted by atomic mass is 10.1. The third-order valence-electron chi connectivity index (χ3n) is 4.08. The standard InChI is InChI=1S/C21H17N5S/c1-15-7-9-17(10-8-15)26-19(16-5-3-2-4-6-16)14-27-21(26)25-20(22)18-13-23-11-12-24-18/h2-14,22H,1H3. The third kappa shape index (κ3) is 3.61. The summed E-state index contributed by atoms with van der Waals surface area (Å²) in [6, 6.07) is 18.5. The van der Waals surface area contributed by atoms with E-state index >= 15 is 0 Å². The predicted molar refractivity (Wildman–Crippen MR) is 108 cm³/mol. The fraction of sp³-hybridized carbons (Fsp3) is 0.0476. The van der Waals surface area contributed by atoms with E-state index in [4.69, 9.17) is 5.41 Å². The van der Waals surface area contributed by atoms with Crippen molar-refractivity contribution in [2.45, 2.75) is 6.92 Å². The van der Waals surface area contributed by atoms with E-state index < -0.39 is 0 Å². The molecule has 2 heterocycles. The molecule has 2 aromatic heterocycles. The molecule has 4 rings (SSSR count). The highest BCUT2D eigenvalue weighted by atomic mass is 32.1. The fourth-order valence-electron chi connectivity index (χ4n) is 2.72. The van der Waals surface area contributed by atoms with Gasteiger partial charge in [-0.05, 0) is 24.6 Å². The van der Waals surface area contributed by atoms with Crippen LogP contribution in [0.1, 0.15) is 11.3 Å². The van der Waals surface area contributed by atoms with Crippen LogP contribution in [0.3, 0.4) is 0 Å². The molecule has 0 radical (unpaired) electrons. The monoisotopic (exact) mass is 371 g/mol. The van der Waals surface area contributed by atoms with Crippen molar-refractivity contribution in [2.75, 3.05) is 0 Å². The number of thiazole rings is 1. The summed E-state index contributed by atoms with van der Waals surface area (Å²) in [7, 11) is 0. The van der Waals surface area contributed by atoms with Crippen molar-refractivity contribution < 1.29 is 0 Å². The second-order valence-electron chi connectivity index (χ2n) is 5.99. The van der Waals surface area contributed by atoms with Gasteiger partial charge in [-0.2, -0.15) is 4.99 Å². The first-order valence-corrected chi connectivity index (χ1v) is 9.33. The summed E-state index contributed by atoms with van der Waals surface area (Å²) in [5.41, 5.74) is 4.78. The molecular formula is C21H17N5S. The number of rotatable bonds is 3. The minimum absolute atomic E-state index is 0.0884. The van der Waals surface area contributed by atoms with Gasteiger partial charge in [0.1, 0.15) is 5.69 Å². The predicted octanol–water partition coefficient (Wildman–Crippen LogP) is 4.23. The Morgan fingerprint density at radius 3 is 2.52 bits per heavy atom. The number of aryl methyl sites for hydroxylation is 1. The molecule has 1 N–H and O–H groups in total. The molecule has 0 saturated carbocycles. The van der Waals surface area contributed by atoms with Crippen LogP contribution in [0.4, 0.5) is 0 Å². The van der Waals surface area contributed by atoms with Gasteiger partial charge in [-0.1, -0.05) is 48.0 Å². The molecule has 0 amide bonds. The molecule has 0 atom stereocenters. The minimum atomic E-state index is 0.0884. The fourth-order valence-corrected chi connectivity index (χ4v) is 3.63. The summed E-state index contributed by atoms with van der Waals surface area (Å²) in [5.74, 6) is 0.0884. The van der Waals surface area contributed by atoms with Crippen molar-refractivity contribution in [3.8, 4) is 16.9 Å². The van der Waals surface area contributed by atoms with E-state index in [9.17, 15) is 0 Å². The molecule has 132 valence electrons. The summed E-state index contributed by atoms with van der Waals surface area (Å²) < 4.78 is 2.07. The maximum atomic E-state index is 8.30. The normalized spacial score (nSPS) is 11.5. The number of hydrogen-bond donors (Lipinski definition) is 1. The van der Waals surface area contributed by atoms with Crippen LogP contribution in [0.5, 0.6) is 0 Å². The van der Waals surface area contributed by atoms with E-state index in [0.717, 1.165) is 16.9 Å². The number of hydrogen-bond acceptors (Lipinski definition) is 4. The summed E-state index contributed by atoms with van der Waals surface area (Å²) in [5, 5.41) is 10.4. The Morgan fingerprint density at radius 2 is 1.81 bits per heavy atom. The van der Waals surface area contributed by atoms with Gasteiger partial charge in [0.25, 0.3) is 0 Å². The Morgan fingerprint density at radius 1 is 1.04 bits per heavy atom. The lowest BCUT2D eigenvalue weighted by Gasteiger charge is -2.10. The molecule has 0 unspecified atom stereocenters. The Kier molecular flexibility index (Phi) is 4.72. The molecule has 4 aromatic rings. The third-order valence-corrected chi connectivity index (χ3v) is 4.91. The van der Waals surface area contributed by atoms with Gasteiger partial charge in [-0.25, -0.2) is 4.98 Å². The van der Waals surface area contributed by atoms with Crippen LogP contribution < -0.4 is 4.80 Å². The average Bonchev–Trinajstić information content (AvgIpc) is 3.13. The molecule has 0 saturated heterocycles. The van der Waals surface area contributed by atoms with Crippen LogP contribution in [0, 0.1) is 12.3 Å². The topological polar surface area (TPSA) is 66.9 Å². The molecule has 0 aliphatic heterocycles. The second kappa shape index (κ2) is 7.47. The molecule has 2 aromatic carbocycles. The lowest BCUT2D eigenvalue weighted by Crippen LogP contribution is -2.17. The zero-order chi connectivity index (χ0) is 18.6. The van der Waals surface area contributed by atoms with Gasteiger partial charge < -0.3 is 0 Å². The summed E-state index contributed by atoms with van der Waals surface area (Å²) >= 11 is 1.50. The van der Waals surface area contributed by atoms with Crippen LogP contribution in [-0.2, 0) is 0 Å². The van der Waals surface area contributed by atoms with Crippen molar-refractivity contribution in [2.24, 2.45) is 4.99 Å². The summed E-state index contributed by atoms with van der Waals surface area (Å²) in [6.45, 7) is 2.06. The molecule has 6 heteroatoms. The van der Waals surface area contributed by atoms with Crippen LogP contribution in [0.25, 0.3) is 16.9 Å². The Hall–Kier alpha value is -3.38. The Bertz CT molecular complexity index is 1130. The Labute approximate surface area is 160 Å². The first-order chi connectivity index (χ1) is 13.2.